The summed E-state index contributed by atoms with van der Waals surface area (Å²) in [4.78, 5) is 13.2. The SMILES string of the molecule is CC[C@@H](C)Nc1nc(Nc2ccccc2C#N)cc(-c2ccncc2)n1. The van der Waals surface area contributed by atoms with Crippen molar-refractivity contribution in [2.45, 2.75) is 26.3 Å². The Morgan fingerprint density at radius 1 is 1.12 bits per heavy atom. The Kier molecular flexibility index (Phi) is 5.40. The number of anilines is 3. The Morgan fingerprint density at radius 2 is 1.88 bits per heavy atom. The van der Waals surface area contributed by atoms with Gasteiger partial charge in [0.2, 0.25) is 5.95 Å². The van der Waals surface area contributed by atoms with Crippen molar-refractivity contribution >= 4 is 17.5 Å². The van der Waals surface area contributed by atoms with Crippen LogP contribution in [0.4, 0.5) is 17.5 Å². The molecule has 130 valence electrons. The molecular weight excluding hydrogens is 324 g/mol. The van der Waals surface area contributed by atoms with Gasteiger partial charge in [-0.25, -0.2) is 4.98 Å². The number of hydrogen-bond acceptors (Lipinski definition) is 6. The predicted octanol–water partition coefficient (Wildman–Crippen LogP) is 4.36. The Labute approximate surface area is 153 Å². The van der Waals surface area contributed by atoms with Crippen LogP contribution in [0, 0.1) is 11.3 Å². The molecule has 0 radical (unpaired) electrons. The third-order valence-electron chi connectivity index (χ3n) is 4.00. The van der Waals surface area contributed by atoms with Gasteiger partial charge in [0.05, 0.1) is 16.9 Å². The lowest BCUT2D eigenvalue weighted by atomic mass is 10.1. The van der Waals surface area contributed by atoms with Gasteiger partial charge in [-0.2, -0.15) is 10.2 Å². The van der Waals surface area contributed by atoms with Crippen molar-refractivity contribution in [3.05, 3.63) is 60.4 Å². The fourth-order valence-electron chi connectivity index (χ4n) is 2.40. The van der Waals surface area contributed by atoms with Gasteiger partial charge in [-0.05, 0) is 37.6 Å². The summed E-state index contributed by atoms with van der Waals surface area (Å²) in [5.74, 6) is 1.17. The first kappa shape index (κ1) is 17.4. The molecule has 0 unspecified atom stereocenters. The van der Waals surface area contributed by atoms with Crippen LogP contribution in [0.1, 0.15) is 25.8 Å². The highest BCUT2D eigenvalue weighted by atomic mass is 15.2. The molecule has 1 aromatic carbocycles. The van der Waals surface area contributed by atoms with E-state index in [1.807, 2.05) is 36.4 Å². The van der Waals surface area contributed by atoms with Gasteiger partial charge in [-0.3, -0.25) is 4.98 Å². The number of pyridine rings is 1. The molecule has 0 fully saturated rings. The molecule has 6 nitrogen and oxygen atoms in total. The molecule has 3 aromatic rings. The average Bonchev–Trinajstić information content (AvgIpc) is 2.69. The smallest absolute Gasteiger partial charge is 0.225 e. The summed E-state index contributed by atoms with van der Waals surface area (Å²) in [7, 11) is 0. The second kappa shape index (κ2) is 8.08. The number of hydrogen-bond donors (Lipinski definition) is 2. The number of benzene rings is 1. The molecular formula is C20H20N6. The van der Waals surface area contributed by atoms with E-state index in [4.69, 9.17) is 0 Å². The van der Waals surface area contributed by atoms with Gasteiger partial charge in [-0.1, -0.05) is 19.1 Å². The van der Waals surface area contributed by atoms with Crippen molar-refractivity contribution < 1.29 is 0 Å². The van der Waals surface area contributed by atoms with Gasteiger partial charge in [0.25, 0.3) is 0 Å². The first-order chi connectivity index (χ1) is 12.7. The average molecular weight is 344 g/mol. The molecule has 26 heavy (non-hydrogen) atoms. The Hall–Kier alpha value is -3.46. The zero-order valence-corrected chi connectivity index (χ0v) is 14.8. The number of rotatable bonds is 6. The summed E-state index contributed by atoms with van der Waals surface area (Å²) in [6, 6.07) is 15.5. The highest BCUT2D eigenvalue weighted by Gasteiger charge is 2.10. The van der Waals surface area contributed by atoms with Crippen LogP contribution in [0.25, 0.3) is 11.3 Å². The quantitative estimate of drug-likeness (QED) is 0.691. The molecule has 0 saturated carbocycles. The molecule has 0 aliphatic rings. The van der Waals surface area contributed by atoms with Crippen molar-refractivity contribution in [2.75, 3.05) is 10.6 Å². The zero-order chi connectivity index (χ0) is 18.4. The standard InChI is InChI=1S/C20H20N6/c1-3-14(2)23-20-25-18(15-8-10-22-11-9-15)12-19(26-20)24-17-7-5-4-6-16(17)13-21/h4-12,14H,3H2,1-2H3,(H2,23,24,25,26)/t14-/m1/s1. The van der Waals surface area contributed by atoms with Crippen molar-refractivity contribution in [2.24, 2.45) is 0 Å². The van der Waals surface area contributed by atoms with E-state index in [0.717, 1.165) is 17.7 Å². The summed E-state index contributed by atoms with van der Waals surface area (Å²) in [5, 5.41) is 15.8. The molecule has 1 atom stereocenters. The lowest BCUT2D eigenvalue weighted by Gasteiger charge is -2.15. The molecule has 0 aliphatic carbocycles. The molecule has 3 rings (SSSR count). The highest BCUT2D eigenvalue weighted by molar-refractivity contribution is 5.69. The first-order valence-corrected chi connectivity index (χ1v) is 8.51. The van der Waals surface area contributed by atoms with Crippen LogP contribution in [0.5, 0.6) is 0 Å². The van der Waals surface area contributed by atoms with Gasteiger partial charge in [0.15, 0.2) is 0 Å². The monoisotopic (exact) mass is 344 g/mol. The number of nitrogens with zero attached hydrogens (tertiary/aromatic N) is 4. The second-order valence-electron chi connectivity index (χ2n) is 5.93. The summed E-state index contributed by atoms with van der Waals surface area (Å²) in [5.41, 5.74) is 3.01. The third-order valence-corrected chi connectivity index (χ3v) is 4.00. The van der Waals surface area contributed by atoms with Crippen LogP contribution in [0.3, 0.4) is 0 Å². The summed E-state index contributed by atoms with van der Waals surface area (Å²) in [6.45, 7) is 4.19. The van der Waals surface area contributed by atoms with Gasteiger partial charge in [0.1, 0.15) is 11.9 Å². The minimum atomic E-state index is 0.252. The van der Waals surface area contributed by atoms with Crippen LogP contribution >= 0.6 is 0 Å². The second-order valence-corrected chi connectivity index (χ2v) is 5.93. The molecule has 0 spiro atoms. The minimum Gasteiger partial charge on any atom is -0.352 e. The van der Waals surface area contributed by atoms with Crippen molar-refractivity contribution in [3.63, 3.8) is 0 Å². The van der Waals surface area contributed by atoms with Crippen LogP contribution in [0.2, 0.25) is 0 Å². The molecule has 0 aliphatic heterocycles. The van der Waals surface area contributed by atoms with Crippen LogP contribution < -0.4 is 10.6 Å². The van der Waals surface area contributed by atoms with E-state index in [2.05, 4.69) is 45.5 Å². The van der Waals surface area contributed by atoms with Crippen molar-refractivity contribution in [1.82, 2.24) is 15.0 Å². The van der Waals surface area contributed by atoms with E-state index in [0.29, 0.717) is 23.0 Å². The molecule has 2 heterocycles. The summed E-state index contributed by atoms with van der Waals surface area (Å²) >= 11 is 0. The maximum absolute atomic E-state index is 9.29. The third kappa shape index (κ3) is 4.14. The lowest BCUT2D eigenvalue weighted by Crippen LogP contribution is -2.16. The Bertz CT molecular complexity index is 917. The van der Waals surface area contributed by atoms with E-state index in [-0.39, 0.29) is 6.04 Å². The van der Waals surface area contributed by atoms with Gasteiger partial charge in [-0.15, -0.1) is 0 Å². The molecule has 2 N–H and O–H groups in total. The van der Waals surface area contributed by atoms with Gasteiger partial charge < -0.3 is 10.6 Å². The molecule has 0 amide bonds. The number of aromatic nitrogens is 3. The maximum atomic E-state index is 9.29. The number of nitriles is 1. The number of nitrogens with one attached hydrogen (secondary N) is 2. The topological polar surface area (TPSA) is 86.5 Å². The van der Waals surface area contributed by atoms with E-state index >= 15 is 0 Å². The molecule has 2 aromatic heterocycles. The van der Waals surface area contributed by atoms with E-state index in [1.54, 1.807) is 18.5 Å². The van der Waals surface area contributed by atoms with Crippen molar-refractivity contribution in [1.29, 1.82) is 5.26 Å². The van der Waals surface area contributed by atoms with E-state index in [9.17, 15) is 5.26 Å². The molecule has 6 heteroatoms. The normalized spacial score (nSPS) is 11.4. The largest absolute Gasteiger partial charge is 0.352 e. The fourth-order valence-corrected chi connectivity index (χ4v) is 2.40. The maximum Gasteiger partial charge on any atom is 0.225 e. The predicted molar refractivity (Wildman–Crippen MR) is 103 cm³/mol. The van der Waals surface area contributed by atoms with Gasteiger partial charge >= 0.3 is 0 Å². The lowest BCUT2D eigenvalue weighted by molar-refractivity contribution is 0.753. The van der Waals surface area contributed by atoms with Gasteiger partial charge in [0, 0.05) is 30.1 Å². The van der Waals surface area contributed by atoms with Crippen molar-refractivity contribution in [3.8, 4) is 17.3 Å². The van der Waals surface area contributed by atoms with Crippen LogP contribution in [-0.4, -0.2) is 21.0 Å². The molecule has 0 saturated heterocycles. The van der Waals surface area contributed by atoms with Crippen LogP contribution in [-0.2, 0) is 0 Å². The minimum absolute atomic E-state index is 0.252. The zero-order valence-electron chi connectivity index (χ0n) is 14.8. The first-order valence-electron chi connectivity index (χ1n) is 8.51. The van der Waals surface area contributed by atoms with E-state index < -0.39 is 0 Å². The highest BCUT2D eigenvalue weighted by Crippen LogP contribution is 2.25. The van der Waals surface area contributed by atoms with E-state index in [1.165, 1.54) is 0 Å². The van der Waals surface area contributed by atoms with Crippen LogP contribution in [0.15, 0.2) is 54.9 Å². The number of para-hydroxylation sites is 1. The molecule has 0 bridgehead atoms. The summed E-state index contributed by atoms with van der Waals surface area (Å²) in [6.07, 6.45) is 4.43. The Balaban J connectivity index is 2.01. The fraction of sp³-hybridized carbons (Fsp3) is 0.200. The Morgan fingerprint density at radius 3 is 2.62 bits per heavy atom. The summed E-state index contributed by atoms with van der Waals surface area (Å²) < 4.78 is 0.